The van der Waals surface area contributed by atoms with Gasteiger partial charge in [-0.15, -0.1) is 0 Å². The van der Waals surface area contributed by atoms with Crippen LogP contribution in [0, 0.1) is 11.3 Å². The van der Waals surface area contributed by atoms with Gasteiger partial charge in [0, 0.05) is 6.42 Å². The molecule has 0 saturated carbocycles. The van der Waals surface area contributed by atoms with E-state index in [1.165, 1.54) is 0 Å². The van der Waals surface area contributed by atoms with Crippen LogP contribution < -0.4 is 10.6 Å². The summed E-state index contributed by atoms with van der Waals surface area (Å²) in [4.78, 5) is 22.0. The van der Waals surface area contributed by atoms with Crippen molar-refractivity contribution in [3.8, 4) is 6.07 Å². The van der Waals surface area contributed by atoms with E-state index < -0.39 is 12.1 Å². The van der Waals surface area contributed by atoms with Crippen molar-refractivity contribution in [3.63, 3.8) is 0 Å². The minimum Gasteiger partial charge on any atom is -0.344 e. The number of amides is 2. The van der Waals surface area contributed by atoms with Crippen LogP contribution in [0.1, 0.15) is 19.8 Å². The minimum absolute atomic E-state index is 0.107. The summed E-state index contributed by atoms with van der Waals surface area (Å²) in [6.45, 7) is 1.59. The number of nitriles is 1. The maximum atomic E-state index is 11.3. The average molecular weight is 181 g/mol. The molecule has 0 spiro atoms. The first kappa shape index (κ1) is 9.52. The molecule has 5 heteroatoms. The third kappa shape index (κ3) is 2.44. The molecule has 2 amide bonds. The normalized spacial score (nSPS) is 23.1. The molecule has 0 aromatic heterocycles. The summed E-state index contributed by atoms with van der Waals surface area (Å²) in [6, 6.07) is 0.921. The Balaban J connectivity index is 2.41. The largest absolute Gasteiger partial charge is 0.344 e. The predicted octanol–water partition coefficient (Wildman–Crippen LogP) is -0.707. The molecule has 1 rings (SSSR count). The van der Waals surface area contributed by atoms with Crippen LogP contribution in [-0.4, -0.2) is 23.9 Å². The van der Waals surface area contributed by atoms with Gasteiger partial charge in [-0.1, -0.05) is 0 Å². The highest BCUT2D eigenvalue weighted by atomic mass is 16.2. The highest BCUT2D eigenvalue weighted by Gasteiger charge is 2.27. The Labute approximate surface area is 76.1 Å². The summed E-state index contributed by atoms with van der Waals surface area (Å²) in [5.41, 5.74) is 0. The van der Waals surface area contributed by atoms with Gasteiger partial charge in [-0.3, -0.25) is 9.59 Å². The van der Waals surface area contributed by atoms with Crippen molar-refractivity contribution >= 4 is 11.8 Å². The molecule has 1 aliphatic rings. The van der Waals surface area contributed by atoms with Crippen LogP contribution in [0.3, 0.4) is 0 Å². The summed E-state index contributed by atoms with van der Waals surface area (Å²) >= 11 is 0. The van der Waals surface area contributed by atoms with Crippen molar-refractivity contribution in [3.05, 3.63) is 0 Å². The quantitative estimate of drug-likeness (QED) is 0.590. The number of nitrogens with zero attached hydrogens (tertiary/aromatic N) is 1. The molecule has 1 saturated heterocycles. The van der Waals surface area contributed by atoms with E-state index in [1.807, 2.05) is 6.07 Å². The van der Waals surface area contributed by atoms with E-state index in [4.69, 9.17) is 5.26 Å². The van der Waals surface area contributed by atoms with E-state index in [2.05, 4.69) is 10.6 Å². The molecule has 0 bridgehead atoms. The number of hydrogen-bond acceptors (Lipinski definition) is 3. The van der Waals surface area contributed by atoms with E-state index in [0.29, 0.717) is 12.8 Å². The lowest BCUT2D eigenvalue weighted by atomic mass is 10.2. The van der Waals surface area contributed by atoms with Gasteiger partial charge in [-0.05, 0) is 13.3 Å². The molecule has 0 aromatic carbocycles. The zero-order valence-electron chi connectivity index (χ0n) is 7.33. The fourth-order valence-electron chi connectivity index (χ4n) is 1.16. The van der Waals surface area contributed by atoms with Crippen LogP contribution in [0.2, 0.25) is 0 Å². The van der Waals surface area contributed by atoms with Crippen LogP contribution in [0.15, 0.2) is 0 Å². The average Bonchev–Trinajstić information content (AvgIpc) is 2.51. The van der Waals surface area contributed by atoms with E-state index in [1.54, 1.807) is 6.92 Å². The Morgan fingerprint density at radius 3 is 3.00 bits per heavy atom. The molecule has 70 valence electrons. The molecule has 1 fully saturated rings. The standard InChI is InChI=1S/C8H11N3O2/c1-5(4-9)10-8(13)6-2-3-7(12)11-6/h5-6H,2-3H2,1H3,(H,10,13)(H,11,12). The fourth-order valence-corrected chi connectivity index (χ4v) is 1.16. The molecule has 1 heterocycles. The van der Waals surface area contributed by atoms with Crippen LogP contribution in [0.25, 0.3) is 0 Å². The number of carbonyl (C=O) groups excluding carboxylic acids is 2. The summed E-state index contributed by atoms with van der Waals surface area (Å²) in [5, 5.41) is 13.4. The van der Waals surface area contributed by atoms with Crippen LogP contribution in [-0.2, 0) is 9.59 Å². The molecule has 2 N–H and O–H groups in total. The first-order chi connectivity index (χ1) is 6.13. The van der Waals surface area contributed by atoms with E-state index in [-0.39, 0.29) is 11.8 Å². The van der Waals surface area contributed by atoms with E-state index in [9.17, 15) is 9.59 Å². The van der Waals surface area contributed by atoms with Gasteiger partial charge in [0.05, 0.1) is 6.07 Å². The third-order valence-corrected chi connectivity index (χ3v) is 1.86. The molecule has 0 aliphatic carbocycles. The van der Waals surface area contributed by atoms with E-state index >= 15 is 0 Å². The van der Waals surface area contributed by atoms with Gasteiger partial charge < -0.3 is 10.6 Å². The molecule has 0 radical (unpaired) electrons. The van der Waals surface area contributed by atoms with Gasteiger partial charge in [0.15, 0.2) is 0 Å². The second-order valence-electron chi connectivity index (χ2n) is 3.02. The SMILES string of the molecule is CC(C#N)NC(=O)C1CCC(=O)N1. The lowest BCUT2D eigenvalue weighted by molar-refractivity contribution is -0.125. The highest BCUT2D eigenvalue weighted by molar-refractivity contribution is 5.90. The van der Waals surface area contributed by atoms with Crippen LogP contribution in [0.4, 0.5) is 0 Å². The Morgan fingerprint density at radius 2 is 2.54 bits per heavy atom. The van der Waals surface area contributed by atoms with Gasteiger partial charge >= 0.3 is 0 Å². The molecule has 2 unspecified atom stereocenters. The smallest absolute Gasteiger partial charge is 0.243 e. The van der Waals surface area contributed by atoms with Crippen molar-refractivity contribution in [2.45, 2.75) is 31.8 Å². The molecular formula is C8H11N3O2. The van der Waals surface area contributed by atoms with Gasteiger partial charge in [-0.2, -0.15) is 5.26 Å². The maximum absolute atomic E-state index is 11.3. The lowest BCUT2D eigenvalue weighted by Gasteiger charge is -2.11. The molecule has 1 aliphatic heterocycles. The predicted molar refractivity (Wildman–Crippen MR) is 44.4 cm³/mol. The Kier molecular flexibility index (Phi) is 2.85. The lowest BCUT2D eigenvalue weighted by Crippen LogP contribution is -2.44. The van der Waals surface area contributed by atoms with Crippen molar-refractivity contribution in [1.29, 1.82) is 5.26 Å². The second kappa shape index (κ2) is 3.90. The Morgan fingerprint density at radius 1 is 1.85 bits per heavy atom. The summed E-state index contributed by atoms with van der Waals surface area (Å²) < 4.78 is 0. The highest BCUT2D eigenvalue weighted by Crippen LogP contribution is 2.06. The van der Waals surface area contributed by atoms with Crippen molar-refractivity contribution < 1.29 is 9.59 Å². The van der Waals surface area contributed by atoms with Crippen molar-refractivity contribution in [1.82, 2.24) is 10.6 Å². The van der Waals surface area contributed by atoms with Gasteiger partial charge in [0.1, 0.15) is 12.1 Å². The fraction of sp³-hybridized carbons (Fsp3) is 0.625. The van der Waals surface area contributed by atoms with Gasteiger partial charge in [0.2, 0.25) is 11.8 Å². The van der Waals surface area contributed by atoms with Gasteiger partial charge in [-0.25, -0.2) is 0 Å². The summed E-state index contributed by atoms with van der Waals surface area (Å²) in [6.07, 6.45) is 0.905. The van der Waals surface area contributed by atoms with E-state index in [0.717, 1.165) is 0 Å². The molecular weight excluding hydrogens is 170 g/mol. The second-order valence-corrected chi connectivity index (χ2v) is 3.02. The third-order valence-electron chi connectivity index (χ3n) is 1.86. The first-order valence-electron chi connectivity index (χ1n) is 4.13. The van der Waals surface area contributed by atoms with Gasteiger partial charge in [0.25, 0.3) is 0 Å². The summed E-state index contributed by atoms with van der Waals surface area (Å²) in [5.74, 6) is -0.385. The number of carbonyl (C=O) groups is 2. The van der Waals surface area contributed by atoms with Crippen molar-refractivity contribution in [2.24, 2.45) is 0 Å². The molecule has 5 nitrogen and oxygen atoms in total. The molecule has 2 atom stereocenters. The Bertz CT molecular complexity index is 269. The van der Waals surface area contributed by atoms with Crippen molar-refractivity contribution in [2.75, 3.05) is 0 Å². The first-order valence-corrected chi connectivity index (χ1v) is 4.13. The zero-order chi connectivity index (χ0) is 9.84. The number of nitrogens with one attached hydrogen (secondary N) is 2. The Hall–Kier alpha value is -1.57. The van der Waals surface area contributed by atoms with Crippen LogP contribution >= 0.6 is 0 Å². The molecule has 13 heavy (non-hydrogen) atoms. The van der Waals surface area contributed by atoms with Crippen LogP contribution in [0.5, 0.6) is 0 Å². The summed E-state index contributed by atoms with van der Waals surface area (Å²) in [7, 11) is 0. The number of rotatable bonds is 2. The number of hydrogen-bond donors (Lipinski definition) is 2. The topological polar surface area (TPSA) is 82.0 Å². The molecule has 0 aromatic rings. The maximum Gasteiger partial charge on any atom is 0.243 e. The minimum atomic E-state index is -0.509. The zero-order valence-corrected chi connectivity index (χ0v) is 7.33. The monoisotopic (exact) mass is 181 g/mol.